The minimum absolute atomic E-state index is 0.0612. The van der Waals surface area contributed by atoms with Gasteiger partial charge in [0.25, 0.3) is 0 Å². The van der Waals surface area contributed by atoms with Crippen LogP contribution in [0.15, 0.2) is 24.3 Å². The Kier molecular flexibility index (Phi) is 6.43. The van der Waals surface area contributed by atoms with Crippen molar-refractivity contribution in [1.29, 1.82) is 0 Å². The first-order chi connectivity index (χ1) is 14.2. The molecule has 2 aliphatic rings. The third-order valence-electron chi connectivity index (χ3n) is 5.49. The lowest BCUT2D eigenvalue weighted by Gasteiger charge is -2.20. The number of benzene rings is 1. The van der Waals surface area contributed by atoms with Gasteiger partial charge in [-0.3, -0.25) is 19.3 Å². The van der Waals surface area contributed by atoms with E-state index in [0.29, 0.717) is 18.6 Å². The Balaban J connectivity index is 1.44. The van der Waals surface area contributed by atoms with E-state index in [1.807, 2.05) is 24.3 Å². The summed E-state index contributed by atoms with van der Waals surface area (Å²) in [4.78, 5) is 50.7. The van der Waals surface area contributed by atoms with Crippen LogP contribution in [0.2, 0.25) is 0 Å². The van der Waals surface area contributed by atoms with Crippen LogP contribution in [0, 0.1) is 0 Å². The molecule has 1 N–H and O–H groups in total. The molecule has 162 valence electrons. The summed E-state index contributed by atoms with van der Waals surface area (Å²) in [6.07, 6.45) is 3.27. The number of ether oxygens (including phenoxy) is 1. The highest BCUT2D eigenvalue weighted by molar-refractivity contribution is 6.45. The smallest absolute Gasteiger partial charge is 0.334 e. The predicted molar refractivity (Wildman–Crippen MR) is 110 cm³/mol. The fraction of sp³-hybridized carbons (Fsp3) is 0.545. The number of amides is 5. The fourth-order valence-corrected chi connectivity index (χ4v) is 3.76. The molecular formula is C22H29N3O5. The van der Waals surface area contributed by atoms with Crippen LogP contribution in [-0.2, 0) is 19.8 Å². The summed E-state index contributed by atoms with van der Waals surface area (Å²) in [5.41, 5.74) is 1.26. The van der Waals surface area contributed by atoms with Crippen molar-refractivity contribution < 1.29 is 23.9 Å². The zero-order valence-electron chi connectivity index (χ0n) is 17.8. The molecule has 30 heavy (non-hydrogen) atoms. The summed E-state index contributed by atoms with van der Waals surface area (Å²) in [6.45, 7) is 6.40. The van der Waals surface area contributed by atoms with E-state index >= 15 is 0 Å². The summed E-state index contributed by atoms with van der Waals surface area (Å²) in [6, 6.07) is 6.85. The highest BCUT2D eigenvalue weighted by Crippen LogP contribution is 2.27. The van der Waals surface area contributed by atoms with Crippen molar-refractivity contribution in [3.05, 3.63) is 29.8 Å². The lowest BCUT2D eigenvalue weighted by molar-refractivity contribution is -0.144. The third-order valence-corrected chi connectivity index (χ3v) is 5.49. The molecule has 1 aromatic rings. The van der Waals surface area contributed by atoms with Gasteiger partial charge in [-0.05, 0) is 36.0 Å². The zero-order valence-corrected chi connectivity index (χ0v) is 17.8. The van der Waals surface area contributed by atoms with E-state index in [4.69, 9.17) is 4.74 Å². The van der Waals surface area contributed by atoms with Gasteiger partial charge in [0.1, 0.15) is 18.9 Å². The van der Waals surface area contributed by atoms with Crippen molar-refractivity contribution >= 4 is 23.8 Å². The number of carbonyl (C=O) groups is 4. The molecular weight excluding hydrogens is 386 g/mol. The minimum Gasteiger partial charge on any atom is -0.492 e. The van der Waals surface area contributed by atoms with Gasteiger partial charge in [-0.1, -0.05) is 45.7 Å². The van der Waals surface area contributed by atoms with E-state index < -0.39 is 30.3 Å². The fourth-order valence-electron chi connectivity index (χ4n) is 3.76. The Hall–Kier alpha value is -2.90. The lowest BCUT2D eigenvalue weighted by Crippen LogP contribution is -2.43. The second-order valence-corrected chi connectivity index (χ2v) is 8.76. The van der Waals surface area contributed by atoms with E-state index in [-0.39, 0.29) is 24.6 Å². The summed E-state index contributed by atoms with van der Waals surface area (Å²) in [7, 11) is 0. The molecule has 0 radical (unpaired) electrons. The van der Waals surface area contributed by atoms with Crippen LogP contribution in [0.5, 0.6) is 5.75 Å². The van der Waals surface area contributed by atoms with Gasteiger partial charge in [0, 0.05) is 6.04 Å². The average molecular weight is 415 g/mol. The van der Waals surface area contributed by atoms with Crippen molar-refractivity contribution in [3.8, 4) is 5.75 Å². The van der Waals surface area contributed by atoms with Crippen molar-refractivity contribution in [2.24, 2.45) is 0 Å². The Morgan fingerprint density at radius 2 is 1.70 bits per heavy atom. The molecule has 8 nitrogen and oxygen atoms in total. The van der Waals surface area contributed by atoms with Crippen molar-refractivity contribution in [2.45, 2.75) is 57.9 Å². The van der Waals surface area contributed by atoms with Crippen LogP contribution < -0.4 is 10.1 Å². The largest absolute Gasteiger partial charge is 0.492 e. The van der Waals surface area contributed by atoms with Gasteiger partial charge in [-0.2, -0.15) is 0 Å². The maximum atomic E-state index is 12.5. The first-order valence-electron chi connectivity index (χ1n) is 10.4. The number of hydrogen-bond donors (Lipinski definition) is 1. The van der Waals surface area contributed by atoms with Crippen molar-refractivity contribution in [1.82, 2.24) is 15.1 Å². The molecule has 0 unspecified atom stereocenters. The molecule has 1 heterocycles. The SMILES string of the molecule is CC(C)(C)c1ccc(OCCNC(=O)CN2C(=O)C(=O)N(C3CCCC3)C2=O)cc1. The van der Waals surface area contributed by atoms with Crippen LogP contribution in [-0.4, -0.2) is 59.3 Å². The molecule has 1 saturated heterocycles. The molecule has 8 heteroatoms. The van der Waals surface area contributed by atoms with Gasteiger partial charge in [0.15, 0.2) is 0 Å². The first kappa shape index (κ1) is 21.8. The molecule has 1 saturated carbocycles. The zero-order chi connectivity index (χ0) is 21.9. The van der Waals surface area contributed by atoms with Gasteiger partial charge in [0.2, 0.25) is 5.91 Å². The van der Waals surface area contributed by atoms with Crippen LogP contribution in [0.1, 0.15) is 52.0 Å². The summed E-state index contributed by atoms with van der Waals surface area (Å²) in [5.74, 6) is -1.58. The summed E-state index contributed by atoms with van der Waals surface area (Å²) < 4.78 is 5.61. The first-order valence-corrected chi connectivity index (χ1v) is 10.4. The van der Waals surface area contributed by atoms with Gasteiger partial charge in [-0.25, -0.2) is 9.69 Å². The standard InChI is InChI=1S/C22H29N3O5/c1-22(2,3)15-8-10-17(11-9-15)30-13-12-23-18(26)14-24-19(27)20(28)25(21(24)29)16-6-4-5-7-16/h8-11,16H,4-7,12-14H2,1-3H3,(H,23,26). The molecule has 1 aliphatic heterocycles. The van der Waals surface area contributed by atoms with E-state index in [0.717, 1.165) is 22.6 Å². The monoisotopic (exact) mass is 415 g/mol. The molecule has 1 aliphatic carbocycles. The maximum absolute atomic E-state index is 12.5. The number of imide groups is 2. The van der Waals surface area contributed by atoms with Crippen LogP contribution in [0.25, 0.3) is 0 Å². The van der Waals surface area contributed by atoms with Gasteiger partial charge in [-0.15, -0.1) is 0 Å². The second kappa shape index (κ2) is 8.85. The highest BCUT2D eigenvalue weighted by atomic mass is 16.5. The van der Waals surface area contributed by atoms with Crippen molar-refractivity contribution in [2.75, 3.05) is 19.7 Å². The normalized spacial score (nSPS) is 17.8. The topological polar surface area (TPSA) is 96.0 Å². The number of rotatable bonds is 7. The average Bonchev–Trinajstić information content (AvgIpc) is 3.28. The number of hydrogen-bond acceptors (Lipinski definition) is 5. The molecule has 0 aromatic heterocycles. The quantitative estimate of drug-likeness (QED) is 0.418. The Morgan fingerprint density at radius 1 is 1.07 bits per heavy atom. The van der Waals surface area contributed by atoms with E-state index in [2.05, 4.69) is 26.1 Å². The maximum Gasteiger partial charge on any atom is 0.334 e. The Labute approximate surface area is 176 Å². The third kappa shape index (κ3) is 4.80. The van der Waals surface area contributed by atoms with Crippen molar-refractivity contribution in [3.63, 3.8) is 0 Å². The molecule has 0 atom stereocenters. The van der Waals surface area contributed by atoms with Gasteiger partial charge < -0.3 is 10.1 Å². The number of nitrogens with one attached hydrogen (secondary N) is 1. The molecule has 2 fully saturated rings. The lowest BCUT2D eigenvalue weighted by atomic mass is 9.87. The molecule has 5 amide bonds. The molecule has 0 spiro atoms. The molecule has 1 aromatic carbocycles. The summed E-state index contributed by atoms with van der Waals surface area (Å²) >= 11 is 0. The van der Waals surface area contributed by atoms with E-state index in [1.54, 1.807) is 0 Å². The molecule has 0 bridgehead atoms. The summed E-state index contributed by atoms with van der Waals surface area (Å²) in [5, 5.41) is 2.62. The van der Waals surface area contributed by atoms with Crippen LogP contribution in [0.4, 0.5) is 4.79 Å². The molecule has 3 rings (SSSR count). The Morgan fingerprint density at radius 3 is 2.30 bits per heavy atom. The van der Waals surface area contributed by atoms with Crippen LogP contribution >= 0.6 is 0 Å². The minimum atomic E-state index is -0.933. The number of nitrogens with zero attached hydrogens (tertiary/aromatic N) is 2. The van der Waals surface area contributed by atoms with Crippen LogP contribution in [0.3, 0.4) is 0 Å². The second-order valence-electron chi connectivity index (χ2n) is 8.76. The predicted octanol–water partition coefficient (Wildman–Crippen LogP) is 2.21. The van der Waals surface area contributed by atoms with E-state index in [1.165, 1.54) is 5.56 Å². The Bertz CT molecular complexity index is 822. The van der Waals surface area contributed by atoms with Gasteiger partial charge >= 0.3 is 17.8 Å². The number of carbonyl (C=O) groups excluding carboxylic acids is 4. The highest BCUT2D eigenvalue weighted by Gasteiger charge is 2.48. The number of urea groups is 1. The van der Waals surface area contributed by atoms with E-state index in [9.17, 15) is 19.2 Å². The van der Waals surface area contributed by atoms with Gasteiger partial charge in [0.05, 0.1) is 6.54 Å².